The van der Waals surface area contributed by atoms with Crippen LogP contribution in [-0.2, 0) is 4.79 Å². The number of nitrogens with zero attached hydrogens (tertiary/aromatic N) is 4. The lowest BCUT2D eigenvalue weighted by Crippen LogP contribution is -2.21. The van der Waals surface area contributed by atoms with Crippen LogP contribution in [0.5, 0.6) is 5.75 Å². The third kappa shape index (κ3) is 3.49. The van der Waals surface area contributed by atoms with E-state index in [1.165, 1.54) is 29.5 Å². The highest BCUT2D eigenvalue weighted by atomic mass is 19.1. The van der Waals surface area contributed by atoms with E-state index in [0.717, 1.165) is 0 Å². The van der Waals surface area contributed by atoms with Crippen LogP contribution in [0.15, 0.2) is 55.2 Å². The van der Waals surface area contributed by atoms with Gasteiger partial charge in [0.15, 0.2) is 24.0 Å². The van der Waals surface area contributed by atoms with E-state index in [1.54, 1.807) is 30.5 Å². The van der Waals surface area contributed by atoms with Crippen molar-refractivity contribution in [2.24, 2.45) is 0 Å². The van der Waals surface area contributed by atoms with Gasteiger partial charge in [-0.1, -0.05) is 12.1 Å². The van der Waals surface area contributed by atoms with Crippen molar-refractivity contribution in [3.8, 4) is 11.6 Å². The minimum atomic E-state index is -0.523. The molecule has 2 heterocycles. The molecule has 0 bridgehead atoms. The second-order valence-corrected chi connectivity index (χ2v) is 4.48. The molecule has 0 aliphatic rings. The zero-order valence-electron chi connectivity index (χ0n) is 11.9. The van der Waals surface area contributed by atoms with Crippen LogP contribution in [0.2, 0.25) is 0 Å². The lowest BCUT2D eigenvalue weighted by Gasteiger charge is -2.10. The first-order valence-electron chi connectivity index (χ1n) is 6.71. The average Bonchev–Trinajstić information content (AvgIpc) is 3.09. The number of aromatic nitrogens is 4. The Balaban J connectivity index is 1.68. The first kappa shape index (κ1) is 14.6. The number of halogens is 1. The molecule has 0 saturated carbocycles. The average molecular weight is 313 g/mol. The highest BCUT2D eigenvalue weighted by Crippen LogP contribution is 2.17. The van der Waals surface area contributed by atoms with Gasteiger partial charge in [-0.05, 0) is 24.3 Å². The van der Waals surface area contributed by atoms with Crippen molar-refractivity contribution in [2.75, 3.05) is 11.9 Å². The van der Waals surface area contributed by atoms with E-state index in [1.807, 2.05) is 0 Å². The van der Waals surface area contributed by atoms with Gasteiger partial charge in [0, 0.05) is 6.20 Å². The largest absolute Gasteiger partial charge is 0.481 e. The molecule has 0 fully saturated rings. The molecule has 0 saturated heterocycles. The van der Waals surface area contributed by atoms with Gasteiger partial charge in [0.05, 0.1) is 5.69 Å². The summed E-state index contributed by atoms with van der Waals surface area (Å²) in [6.45, 7) is -0.327. The molecule has 0 aliphatic carbocycles. The second kappa shape index (κ2) is 6.65. The maximum Gasteiger partial charge on any atom is 0.262 e. The van der Waals surface area contributed by atoms with E-state index >= 15 is 0 Å². The van der Waals surface area contributed by atoms with Crippen molar-refractivity contribution in [1.82, 2.24) is 19.7 Å². The molecule has 2 aromatic heterocycles. The van der Waals surface area contributed by atoms with Crippen molar-refractivity contribution in [2.45, 2.75) is 0 Å². The normalized spacial score (nSPS) is 10.3. The molecule has 3 aromatic rings. The molecular weight excluding hydrogens is 301 g/mol. The maximum absolute atomic E-state index is 13.4. The van der Waals surface area contributed by atoms with Crippen LogP contribution in [0.25, 0.3) is 5.82 Å². The molecule has 3 rings (SSSR count). The highest BCUT2D eigenvalue weighted by Gasteiger charge is 2.11. The summed E-state index contributed by atoms with van der Waals surface area (Å²) in [6, 6.07) is 9.23. The first-order chi connectivity index (χ1) is 11.2. The van der Waals surface area contributed by atoms with Crippen LogP contribution in [0, 0.1) is 5.82 Å². The Hall–Kier alpha value is -3.29. The number of amides is 1. The van der Waals surface area contributed by atoms with Gasteiger partial charge in [-0.25, -0.2) is 19.0 Å². The Labute approximate surface area is 130 Å². The molecule has 0 unspecified atom stereocenters. The lowest BCUT2D eigenvalue weighted by atomic mass is 10.3. The number of nitrogens with one attached hydrogen (secondary N) is 1. The molecule has 0 aliphatic heterocycles. The Morgan fingerprint density at radius 2 is 2.13 bits per heavy atom. The van der Waals surface area contributed by atoms with Gasteiger partial charge in [-0.2, -0.15) is 5.10 Å². The summed E-state index contributed by atoms with van der Waals surface area (Å²) in [5.74, 6) is -0.526. The van der Waals surface area contributed by atoms with Gasteiger partial charge >= 0.3 is 0 Å². The molecule has 1 amide bonds. The Morgan fingerprint density at radius 1 is 1.26 bits per heavy atom. The fourth-order valence-corrected chi connectivity index (χ4v) is 1.89. The van der Waals surface area contributed by atoms with E-state index < -0.39 is 11.7 Å². The van der Waals surface area contributed by atoms with Gasteiger partial charge < -0.3 is 10.1 Å². The first-order valence-corrected chi connectivity index (χ1v) is 6.71. The van der Waals surface area contributed by atoms with Crippen LogP contribution in [0.1, 0.15) is 0 Å². The van der Waals surface area contributed by atoms with Crippen LogP contribution in [-0.4, -0.2) is 32.3 Å². The lowest BCUT2D eigenvalue weighted by molar-refractivity contribution is -0.118. The molecule has 1 N–H and O–H groups in total. The van der Waals surface area contributed by atoms with E-state index in [2.05, 4.69) is 20.4 Å². The SMILES string of the molecule is O=C(COc1ccccc1F)Nc1cccnc1-n1cncn1. The summed E-state index contributed by atoms with van der Waals surface area (Å²) in [5, 5.41) is 6.62. The number of para-hydroxylation sites is 1. The molecule has 0 spiro atoms. The third-order valence-corrected chi connectivity index (χ3v) is 2.89. The number of benzene rings is 1. The summed E-state index contributed by atoms with van der Waals surface area (Å²) < 4.78 is 20.0. The molecular formula is C15H12FN5O2. The van der Waals surface area contributed by atoms with Crippen molar-refractivity contribution >= 4 is 11.6 Å². The number of rotatable bonds is 5. The summed E-state index contributed by atoms with van der Waals surface area (Å²) in [7, 11) is 0. The smallest absolute Gasteiger partial charge is 0.262 e. The van der Waals surface area contributed by atoms with Crippen LogP contribution >= 0.6 is 0 Å². The van der Waals surface area contributed by atoms with Gasteiger partial charge in [-0.3, -0.25) is 4.79 Å². The van der Waals surface area contributed by atoms with E-state index in [0.29, 0.717) is 11.5 Å². The number of anilines is 1. The zero-order chi connectivity index (χ0) is 16.1. The Bertz CT molecular complexity index is 807. The number of pyridine rings is 1. The fraction of sp³-hybridized carbons (Fsp3) is 0.0667. The van der Waals surface area contributed by atoms with Crippen LogP contribution in [0.3, 0.4) is 0 Å². The minimum Gasteiger partial charge on any atom is -0.481 e. The van der Waals surface area contributed by atoms with E-state index in [9.17, 15) is 9.18 Å². The van der Waals surface area contributed by atoms with E-state index in [4.69, 9.17) is 4.74 Å². The predicted octanol–water partition coefficient (Wildman–Crippen LogP) is 1.82. The molecule has 7 nitrogen and oxygen atoms in total. The van der Waals surface area contributed by atoms with Gasteiger partial charge in [0.1, 0.15) is 12.7 Å². The number of carbonyl (C=O) groups excluding carboxylic acids is 1. The molecule has 23 heavy (non-hydrogen) atoms. The number of ether oxygens (including phenoxy) is 1. The van der Waals surface area contributed by atoms with Crippen molar-refractivity contribution in [3.05, 3.63) is 61.1 Å². The van der Waals surface area contributed by atoms with E-state index in [-0.39, 0.29) is 12.4 Å². The molecule has 116 valence electrons. The number of carbonyl (C=O) groups is 1. The third-order valence-electron chi connectivity index (χ3n) is 2.89. The predicted molar refractivity (Wildman–Crippen MR) is 79.7 cm³/mol. The summed E-state index contributed by atoms with van der Waals surface area (Å²) in [4.78, 5) is 20.0. The minimum absolute atomic E-state index is 0.0188. The topological polar surface area (TPSA) is 81.9 Å². The molecule has 0 radical (unpaired) electrons. The quantitative estimate of drug-likeness (QED) is 0.777. The molecule has 0 atom stereocenters. The molecule has 1 aromatic carbocycles. The standard InChI is InChI=1S/C15H12FN5O2/c16-11-4-1-2-6-13(11)23-8-14(22)20-12-5-3-7-18-15(12)21-10-17-9-19-21/h1-7,9-10H,8H2,(H,20,22). The monoisotopic (exact) mass is 313 g/mol. The fourth-order valence-electron chi connectivity index (χ4n) is 1.89. The maximum atomic E-state index is 13.4. The van der Waals surface area contributed by atoms with Crippen molar-refractivity contribution in [1.29, 1.82) is 0 Å². The number of hydrogen-bond donors (Lipinski definition) is 1. The Morgan fingerprint density at radius 3 is 2.91 bits per heavy atom. The highest BCUT2D eigenvalue weighted by molar-refractivity contribution is 5.93. The van der Waals surface area contributed by atoms with Crippen LogP contribution in [0.4, 0.5) is 10.1 Å². The summed E-state index contributed by atoms with van der Waals surface area (Å²) in [6.07, 6.45) is 4.40. The van der Waals surface area contributed by atoms with Crippen molar-refractivity contribution in [3.63, 3.8) is 0 Å². The van der Waals surface area contributed by atoms with Gasteiger partial charge in [-0.15, -0.1) is 0 Å². The van der Waals surface area contributed by atoms with Crippen LogP contribution < -0.4 is 10.1 Å². The van der Waals surface area contributed by atoms with Gasteiger partial charge in [0.2, 0.25) is 0 Å². The van der Waals surface area contributed by atoms with Gasteiger partial charge in [0.25, 0.3) is 5.91 Å². The Kier molecular flexibility index (Phi) is 4.23. The second-order valence-electron chi connectivity index (χ2n) is 4.48. The van der Waals surface area contributed by atoms with Crippen molar-refractivity contribution < 1.29 is 13.9 Å². The summed E-state index contributed by atoms with van der Waals surface area (Å²) >= 11 is 0. The molecule has 8 heteroatoms. The zero-order valence-corrected chi connectivity index (χ0v) is 11.9. The number of hydrogen-bond acceptors (Lipinski definition) is 5. The summed E-state index contributed by atoms with van der Waals surface area (Å²) in [5.41, 5.74) is 0.445.